The number of hydrogen-bond acceptors (Lipinski definition) is 3. The van der Waals surface area contributed by atoms with Gasteiger partial charge in [0.1, 0.15) is 0 Å². The number of anilines is 1. The summed E-state index contributed by atoms with van der Waals surface area (Å²) in [6.45, 7) is 6.27. The molecule has 1 aromatic rings. The molecular formula is C23H38IN5O. The molecule has 0 aromatic heterocycles. The summed E-state index contributed by atoms with van der Waals surface area (Å²) in [6, 6.07) is 10.6. The fourth-order valence-corrected chi connectivity index (χ4v) is 4.26. The third kappa shape index (κ3) is 7.96. The Hall–Kier alpha value is -1.51. The van der Waals surface area contributed by atoms with Gasteiger partial charge < -0.3 is 20.9 Å². The summed E-state index contributed by atoms with van der Waals surface area (Å²) in [6.07, 6.45) is 7.84. The van der Waals surface area contributed by atoms with Crippen LogP contribution in [0.25, 0.3) is 0 Å². The summed E-state index contributed by atoms with van der Waals surface area (Å²) in [5, 5.41) is 10.3. The minimum atomic E-state index is 0. The van der Waals surface area contributed by atoms with Crippen LogP contribution >= 0.6 is 24.0 Å². The zero-order valence-corrected chi connectivity index (χ0v) is 20.6. The molecule has 1 aromatic carbocycles. The number of carbonyl (C=O) groups is 1. The number of carbonyl (C=O) groups excluding carboxylic acids is 1. The SMILES string of the molecule is CCNC(=NCCCNc1ccccc1)NC1CCN(C(=O)C2CCCCC2)C1.I. The molecule has 0 spiro atoms. The number of nitrogens with zero attached hydrogens (tertiary/aromatic N) is 2. The first-order chi connectivity index (χ1) is 14.3. The fraction of sp³-hybridized carbons (Fsp3) is 0.652. The molecule has 6 nitrogen and oxygen atoms in total. The number of amides is 1. The molecule has 1 heterocycles. The van der Waals surface area contributed by atoms with Gasteiger partial charge in [0.05, 0.1) is 0 Å². The molecule has 2 aliphatic rings. The van der Waals surface area contributed by atoms with Crippen LogP contribution in [0.2, 0.25) is 0 Å². The predicted octanol–water partition coefficient (Wildman–Crippen LogP) is 3.84. The standard InChI is InChI=1S/C23H37N5O.HI/c1-2-24-23(26-16-9-15-25-20-12-7-4-8-13-20)27-21-14-17-28(18-21)22(29)19-10-5-3-6-11-19;/h4,7-8,12-13,19,21,25H,2-3,5-6,9-11,14-18H2,1H3,(H2,24,26,27);1H. The van der Waals surface area contributed by atoms with Crippen LogP contribution in [0.3, 0.4) is 0 Å². The Morgan fingerprint density at radius 1 is 1.13 bits per heavy atom. The monoisotopic (exact) mass is 527 g/mol. The van der Waals surface area contributed by atoms with Crippen molar-refractivity contribution in [2.75, 3.05) is 38.0 Å². The molecule has 1 saturated carbocycles. The highest BCUT2D eigenvalue weighted by molar-refractivity contribution is 14.0. The maximum Gasteiger partial charge on any atom is 0.225 e. The Labute approximate surface area is 198 Å². The van der Waals surface area contributed by atoms with E-state index in [1.54, 1.807) is 0 Å². The van der Waals surface area contributed by atoms with Crippen LogP contribution in [0.4, 0.5) is 5.69 Å². The van der Waals surface area contributed by atoms with Crippen molar-refractivity contribution in [1.82, 2.24) is 15.5 Å². The summed E-state index contributed by atoms with van der Waals surface area (Å²) < 4.78 is 0. The molecular weight excluding hydrogens is 489 g/mol. The topological polar surface area (TPSA) is 68.8 Å². The van der Waals surface area contributed by atoms with E-state index in [4.69, 9.17) is 4.99 Å². The zero-order valence-electron chi connectivity index (χ0n) is 18.2. The van der Waals surface area contributed by atoms with Gasteiger partial charge >= 0.3 is 0 Å². The van der Waals surface area contributed by atoms with E-state index in [0.29, 0.717) is 11.9 Å². The normalized spacial score (nSPS) is 19.8. The molecule has 0 bridgehead atoms. The Kier molecular flexibility index (Phi) is 11.3. The van der Waals surface area contributed by atoms with E-state index in [1.807, 2.05) is 18.2 Å². The van der Waals surface area contributed by atoms with Crippen LogP contribution in [0.5, 0.6) is 0 Å². The smallest absolute Gasteiger partial charge is 0.225 e. The van der Waals surface area contributed by atoms with E-state index in [9.17, 15) is 4.79 Å². The molecule has 1 amide bonds. The number of likely N-dealkylation sites (tertiary alicyclic amines) is 1. The van der Waals surface area contributed by atoms with Crippen molar-refractivity contribution < 1.29 is 4.79 Å². The first-order valence-corrected chi connectivity index (χ1v) is 11.4. The maximum absolute atomic E-state index is 12.8. The van der Waals surface area contributed by atoms with E-state index in [0.717, 1.165) is 70.1 Å². The van der Waals surface area contributed by atoms with Crippen molar-refractivity contribution in [3.63, 3.8) is 0 Å². The average Bonchev–Trinajstić information content (AvgIpc) is 3.23. The Bertz CT molecular complexity index is 648. The number of aliphatic imine (C=N–C) groups is 1. The Morgan fingerprint density at radius 3 is 2.63 bits per heavy atom. The second kappa shape index (κ2) is 13.7. The summed E-state index contributed by atoms with van der Waals surface area (Å²) in [4.78, 5) is 19.6. The van der Waals surface area contributed by atoms with E-state index < -0.39 is 0 Å². The number of rotatable bonds is 8. The molecule has 30 heavy (non-hydrogen) atoms. The van der Waals surface area contributed by atoms with Crippen molar-refractivity contribution in [1.29, 1.82) is 0 Å². The molecule has 0 radical (unpaired) electrons. The molecule has 3 N–H and O–H groups in total. The first-order valence-electron chi connectivity index (χ1n) is 11.4. The third-order valence-electron chi connectivity index (χ3n) is 5.85. The lowest BCUT2D eigenvalue weighted by atomic mass is 9.88. The lowest BCUT2D eigenvalue weighted by molar-refractivity contribution is -0.135. The van der Waals surface area contributed by atoms with Gasteiger partial charge in [-0.3, -0.25) is 9.79 Å². The molecule has 1 saturated heterocycles. The highest BCUT2D eigenvalue weighted by Gasteiger charge is 2.31. The summed E-state index contributed by atoms with van der Waals surface area (Å²) >= 11 is 0. The van der Waals surface area contributed by atoms with Crippen molar-refractivity contribution in [3.05, 3.63) is 30.3 Å². The van der Waals surface area contributed by atoms with Crippen LogP contribution in [0.15, 0.2) is 35.3 Å². The number of nitrogens with one attached hydrogen (secondary N) is 3. The van der Waals surface area contributed by atoms with Gasteiger partial charge in [-0.25, -0.2) is 0 Å². The minimum Gasteiger partial charge on any atom is -0.385 e. The average molecular weight is 527 g/mol. The molecule has 168 valence electrons. The maximum atomic E-state index is 12.8. The van der Waals surface area contributed by atoms with E-state index in [-0.39, 0.29) is 29.9 Å². The van der Waals surface area contributed by atoms with Crippen molar-refractivity contribution in [3.8, 4) is 0 Å². The lowest BCUT2D eigenvalue weighted by Crippen LogP contribution is -2.45. The van der Waals surface area contributed by atoms with Gasteiger partial charge in [-0.2, -0.15) is 0 Å². The zero-order chi connectivity index (χ0) is 20.3. The first kappa shape index (κ1) is 24.8. The van der Waals surface area contributed by atoms with Crippen LogP contribution in [0, 0.1) is 5.92 Å². The predicted molar refractivity (Wildman–Crippen MR) is 136 cm³/mol. The number of benzene rings is 1. The summed E-state index contributed by atoms with van der Waals surface area (Å²) in [5.74, 6) is 1.51. The number of para-hydroxylation sites is 1. The molecule has 7 heteroatoms. The molecule has 1 atom stereocenters. The number of hydrogen-bond donors (Lipinski definition) is 3. The molecule has 2 fully saturated rings. The Balaban J connectivity index is 0.00000320. The second-order valence-electron chi connectivity index (χ2n) is 8.16. The molecule has 1 aliphatic carbocycles. The van der Waals surface area contributed by atoms with E-state index >= 15 is 0 Å². The third-order valence-corrected chi connectivity index (χ3v) is 5.85. The minimum absolute atomic E-state index is 0. The van der Waals surface area contributed by atoms with Crippen molar-refractivity contribution in [2.24, 2.45) is 10.9 Å². The van der Waals surface area contributed by atoms with Gasteiger partial charge in [0, 0.05) is 50.4 Å². The van der Waals surface area contributed by atoms with E-state index in [1.165, 1.54) is 19.3 Å². The fourth-order valence-electron chi connectivity index (χ4n) is 4.26. The highest BCUT2D eigenvalue weighted by atomic mass is 127. The van der Waals surface area contributed by atoms with Gasteiger partial charge in [0.2, 0.25) is 5.91 Å². The highest BCUT2D eigenvalue weighted by Crippen LogP contribution is 2.26. The molecule has 1 unspecified atom stereocenters. The van der Waals surface area contributed by atoms with Crippen LogP contribution in [-0.4, -0.2) is 55.5 Å². The quantitative estimate of drug-likeness (QED) is 0.208. The van der Waals surface area contributed by atoms with Crippen LogP contribution in [0.1, 0.15) is 51.9 Å². The van der Waals surface area contributed by atoms with Crippen molar-refractivity contribution in [2.45, 2.75) is 57.9 Å². The van der Waals surface area contributed by atoms with E-state index in [2.05, 4.69) is 39.9 Å². The lowest BCUT2D eigenvalue weighted by Gasteiger charge is -2.26. The van der Waals surface area contributed by atoms with Gasteiger partial charge in [-0.05, 0) is 44.7 Å². The number of guanidine groups is 1. The van der Waals surface area contributed by atoms with Crippen LogP contribution < -0.4 is 16.0 Å². The molecule has 1 aliphatic heterocycles. The van der Waals surface area contributed by atoms with Gasteiger partial charge in [0.15, 0.2) is 5.96 Å². The van der Waals surface area contributed by atoms with Gasteiger partial charge in [0.25, 0.3) is 0 Å². The molecule has 3 rings (SSSR count). The number of halogens is 1. The summed E-state index contributed by atoms with van der Waals surface area (Å²) in [5.41, 5.74) is 1.15. The van der Waals surface area contributed by atoms with Gasteiger partial charge in [-0.15, -0.1) is 24.0 Å². The van der Waals surface area contributed by atoms with Crippen molar-refractivity contribution >= 4 is 41.5 Å². The second-order valence-corrected chi connectivity index (χ2v) is 8.16. The largest absolute Gasteiger partial charge is 0.385 e. The summed E-state index contributed by atoms with van der Waals surface area (Å²) in [7, 11) is 0. The van der Waals surface area contributed by atoms with Crippen LogP contribution in [-0.2, 0) is 4.79 Å². The van der Waals surface area contributed by atoms with Gasteiger partial charge in [-0.1, -0.05) is 37.5 Å². The Morgan fingerprint density at radius 2 is 1.90 bits per heavy atom.